The van der Waals surface area contributed by atoms with Crippen molar-refractivity contribution in [1.82, 2.24) is 15.0 Å². The number of pyridine rings is 1. The molecule has 0 aliphatic rings. The van der Waals surface area contributed by atoms with E-state index in [-0.39, 0.29) is 5.69 Å². The summed E-state index contributed by atoms with van der Waals surface area (Å²) in [6, 6.07) is 3.26. The fourth-order valence-electron chi connectivity index (χ4n) is 1.16. The highest BCUT2D eigenvalue weighted by molar-refractivity contribution is 9.10. The van der Waals surface area contributed by atoms with Crippen LogP contribution in [0.15, 0.2) is 35.3 Å². The van der Waals surface area contributed by atoms with Crippen LogP contribution in [0.1, 0.15) is 10.5 Å². The Hall–Kier alpha value is -2.02. The largest absolute Gasteiger partial charge is 0.397 e. The summed E-state index contributed by atoms with van der Waals surface area (Å²) in [7, 11) is 0. The Morgan fingerprint density at radius 3 is 2.76 bits per heavy atom. The van der Waals surface area contributed by atoms with E-state index in [0.717, 1.165) is 0 Å². The van der Waals surface area contributed by atoms with Crippen LogP contribution in [0.4, 0.5) is 11.5 Å². The molecule has 0 radical (unpaired) electrons. The van der Waals surface area contributed by atoms with Crippen molar-refractivity contribution in [1.29, 1.82) is 0 Å². The fourth-order valence-corrected chi connectivity index (χ4v) is 1.36. The summed E-state index contributed by atoms with van der Waals surface area (Å²) in [4.78, 5) is 23.6. The van der Waals surface area contributed by atoms with Gasteiger partial charge in [0.2, 0.25) is 0 Å². The van der Waals surface area contributed by atoms with Gasteiger partial charge in [0.25, 0.3) is 5.91 Å². The van der Waals surface area contributed by atoms with Crippen molar-refractivity contribution in [2.24, 2.45) is 0 Å². The minimum absolute atomic E-state index is 0.164. The molecule has 0 spiro atoms. The van der Waals surface area contributed by atoms with Crippen molar-refractivity contribution in [2.75, 3.05) is 11.1 Å². The van der Waals surface area contributed by atoms with Gasteiger partial charge in [-0.25, -0.2) is 15.0 Å². The van der Waals surface area contributed by atoms with Gasteiger partial charge in [-0.15, -0.1) is 0 Å². The Balaban J connectivity index is 2.17. The van der Waals surface area contributed by atoms with Gasteiger partial charge in [0.1, 0.15) is 4.60 Å². The van der Waals surface area contributed by atoms with Gasteiger partial charge in [0.05, 0.1) is 18.1 Å². The number of nitrogen functional groups attached to an aromatic ring is 1. The van der Waals surface area contributed by atoms with E-state index in [4.69, 9.17) is 5.73 Å². The third kappa shape index (κ3) is 2.76. The summed E-state index contributed by atoms with van der Waals surface area (Å²) < 4.78 is 0.591. The van der Waals surface area contributed by atoms with Crippen molar-refractivity contribution in [3.8, 4) is 0 Å². The summed E-state index contributed by atoms with van der Waals surface area (Å²) in [5, 5.41) is 2.55. The quantitative estimate of drug-likeness (QED) is 0.874. The second-order valence-electron chi connectivity index (χ2n) is 3.12. The number of aromatic nitrogens is 3. The van der Waals surface area contributed by atoms with Crippen LogP contribution in [0.5, 0.6) is 0 Å². The van der Waals surface area contributed by atoms with Crippen LogP contribution in [0.3, 0.4) is 0 Å². The molecule has 0 aliphatic carbocycles. The third-order valence-electron chi connectivity index (χ3n) is 1.92. The zero-order chi connectivity index (χ0) is 12.3. The first-order valence-electron chi connectivity index (χ1n) is 4.66. The number of nitrogens with zero attached hydrogens (tertiary/aromatic N) is 3. The van der Waals surface area contributed by atoms with E-state index in [1.807, 2.05) is 0 Å². The maximum Gasteiger partial charge on any atom is 0.277 e. The molecule has 0 saturated carbocycles. The molecular formula is C10H8BrN5O. The summed E-state index contributed by atoms with van der Waals surface area (Å²) in [6.07, 6.45) is 4.41. The molecular weight excluding hydrogens is 286 g/mol. The van der Waals surface area contributed by atoms with E-state index >= 15 is 0 Å². The Morgan fingerprint density at radius 1 is 1.29 bits per heavy atom. The summed E-state index contributed by atoms with van der Waals surface area (Å²) in [5.41, 5.74) is 6.11. The molecule has 2 heterocycles. The van der Waals surface area contributed by atoms with Crippen molar-refractivity contribution < 1.29 is 4.79 Å². The summed E-state index contributed by atoms with van der Waals surface area (Å²) >= 11 is 3.15. The van der Waals surface area contributed by atoms with E-state index in [0.29, 0.717) is 16.1 Å². The first-order valence-corrected chi connectivity index (χ1v) is 5.45. The lowest BCUT2D eigenvalue weighted by atomic mass is 10.3. The molecule has 2 aromatic heterocycles. The number of nitrogens with two attached hydrogens (primary N) is 1. The van der Waals surface area contributed by atoms with E-state index in [1.165, 1.54) is 18.6 Å². The van der Waals surface area contributed by atoms with Gasteiger partial charge in [0.15, 0.2) is 11.5 Å². The lowest BCUT2D eigenvalue weighted by Crippen LogP contribution is -2.16. The molecule has 3 N–H and O–H groups in total. The van der Waals surface area contributed by atoms with Gasteiger partial charge >= 0.3 is 0 Å². The number of amides is 1. The van der Waals surface area contributed by atoms with Crippen molar-refractivity contribution >= 4 is 33.3 Å². The molecule has 0 unspecified atom stereocenters. The number of rotatable bonds is 2. The minimum Gasteiger partial charge on any atom is -0.397 e. The molecule has 17 heavy (non-hydrogen) atoms. The van der Waals surface area contributed by atoms with E-state index < -0.39 is 5.91 Å². The normalized spacial score (nSPS) is 9.94. The lowest BCUT2D eigenvalue weighted by Gasteiger charge is -2.04. The molecule has 1 amide bonds. The summed E-state index contributed by atoms with van der Waals surface area (Å²) in [5.74, 6) is -0.0806. The third-order valence-corrected chi connectivity index (χ3v) is 2.33. The van der Waals surface area contributed by atoms with Gasteiger partial charge in [-0.1, -0.05) is 0 Å². The average molecular weight is 294 g/mol. The average Bonchev–Trinajstić information content (AvgIpc) is 2.32. The Bertz CT molecular complexity index is 543. The molecule has 0 atom stereocenters. The van der Waals surface area contributed by atoms with Crippen LogP contribution >= 0.6 is 15.9 Å². The van der Waals surface area contributed by atoms with Crippen LogP contribution in [-0.2, 0) is 0 Å². The second kappa shape index (κ2) is 4.88. The lowest BCUT2D eigenvalue weighted by molar-refractivity contribution is 0.102. The van der Waals surface area contributed by atoms with Crippen molar-refractivity contribution in [2.45, 2.75) is 0 Å². The monoisotopic (exact) mass is 293 g/mol. The predicted molar refractivity (Wildman–Crippen MR) is 66.3 cm³/mol. The number of hydrogen-bond acceptors (Lipinski definition) is 5. The van der Waals surface area contributed by atoms with Crippen molar-refractivity contribution in [3.05, 3.63) is 41.0 Å². The number of halogens is 1. The fraction of sp³-hybridized carbons (Fsp3) is 0. The molecule has 0 aromatic carbocycles. The molecule has 0 aliphatic heterocycles. The maximum absolute atomic E-state index is 11.8. The number of nitrogens with one attached hydrogen (secondary N) is 1. The highest BCUT2D eigenvalue weighted by atomic mass is 79.9. The Kier molecular flexibility index (Phi) is 3.29. The topological polar surface area (TPSA) is 93.8 Å². The Labute approximate surface area is 105 Å². The molecule has 6 nitrogen and oxygen atoms in total. The van der Waals surface area contributed by atoms with Crippen LogP contribution in [0.2, 0.25) is 0 Å². The van der Waals surface area contributed by atoms with Gasteiger partial charge in [-0.05, 0) is 28.1 Å². The highest BCUT2D eigenvalue weighted by Crippen LogP contribution is 2.11. The second-order valence-corrected chi connectivity index (χ2v) is 3.93. The zero-order valence-electron chi connectivity index (χ0n) is 8.59. The molecule has 86 valence electrons. The summed E-state index contributed by atoms with van der Waals surface area (Å²) in [6.45, 7) is 0. The number of anilines is 2. The van der Waals surface area contributed by atoms with Gasteiger partial charge < -0.3 is 11.1 Å². The van der Waals surface area contributed by atoms with Crippen molar-refractivity contribution in [3.63, 3.8) is 0 Å². The van der Waals surface area contributed by atoms with Crippen LogP contribution in [-0.4, -0.2) is 20.9 Å². The molecule has 7 heteroatoms. The molecule has 0 bridgehead atoms. The van der Waals surface area contributed by atoms with Crippen LogP contribution in [0.25, 0.3) is 0 Å². The minimum atomic E-state index is -0.417. The smallest absolute Gasteiger partial charge is 0.277 e. The predicted octanol–water partition coefficient (Wildman–Crippen LogP) is 1.47. The molecule has 2 rings (SSSR count). The van der Waals surface area contributed by atoms with E-state index in [1.54, 1.807) is 12.1 Å². The Morgan fingerprint density at radius 2 is 2.12 bits per heavy atom. The zero-order valence-corrected chi connectivity index (χ0v) is 10.2. The van der Waals surface area contributed by atoms with E-state index in [2.05, 4.69) is 36.2 Å². The number of carbonyl (C=O) groups is 1. The maximum atomic E-state index is 11.8. The molecule has 0 saturated heterocycles. The highest BCUT2D eigenvalue weighted by Gasteiger charge is 2.11. The number of carbonyl (C=O) groups excluding carboxylic acids is 1. The molecule has 0 fully saturated rings. The standard InChI is InChI=1S/C10H8BrN5O/c11-7-4-15-8(5-14-7)16-10(17)9-6(12)2-1-3-13-9/h1-5H,12H2,(H,15,16,17). The number of hydrogen-bond donors (Lipinski definition) is 2. The van der Waals surface area contributed by atoms with Gasteiger partial charge in [-0.3, -0.25) is 4.79 Å². The van der Waals surface area contributed by atoms with Crippen LogP contribution in [0, 0.1) is 0 Å². The first kappa shape index (κ1) is 11.5. The SMILES string of the molecule is Nc1cccnc1C(=O)Nc1cnc(Br)cn1. The van der Waals surface area contributed by atoms with E-state index in [9.17, 15) is 4.79 Å². The van der Waals surface area contributed by atoms with Gasteiger partial charge in [0, 0.05) is 6.20 Å². The molecule has 2 aromatic rings. The first-order chi connectivity index (χ1) is 8.16. The van der Waals surface area contributed by atoms with Gasteiger partial charge in [-0.2, -0.15) is 0 Å². The van der Waals surface area contributed by atoms with Crippen LogP contribution < -0.4 is 11.1 Å².